The second kappa shape index (κ2) is 4.97. The van der Waals surface area contributed by atoms with Crippen molar-refractivity contribution in [3.05, 3.63) is 40.7 Å². The van der Waals surface area contributed by atoms with Gasteiger partial charge in [-0.2, -0.15) is 5.10 Å². The molecule has 0 aliphatic rings. The first-order chi connectivity index (χ1) is 9.28. The van der Waals surface area contributed by atoms with Crippen molar-refractivity contribution in [1.29, 1.82) is 0 Å². The van der Waals surface area contributed by atoms with Gasteiger partial charge in [-0.25, -0.2) is 14.5 Å². The van der Waals surface area contributed by atoms with Gasteiger partial charge in [0.25, 0.3) is 0 Å². The zero-order chi connectivity index (χ0) is 13.2. The van der Waals surface area contributed by atoms with E-state index in [0.29, 0.717) is 0 Å². The molecule has 0 spiro atoms. The highest BCUT2D eigenvalue weighted by Gasteiger charge is 2.14. The molecule has 0 aliphatic carbocycles. The Balaban J connectivity index is 1.96. The molecule has 0 fully saturated rings. The van der Waals surface area contributed by atoms with Crippen molar-refractivity contribution in [3.8, 4) is 0 Å². The van der Waals surface area contributed by atoms with Gasteiger partial charge in [0.15, 0.2) is 5.82 Å². The van der Waals surface area contributed by atoms with E-state index in [0.717, 1.165) is 28.5 Å². The Bertz CT molecular complexity index is 673. The SMILES string of the molecule is CCC(Nc1nccn2nc(C)cc12)c1nccs1. The Hall–Kier alpha value is -1.95. The Kier molecular flexibility index (Phi) is 3.16. The number of aryl methyl sites for hydroxylation is 1. The molecule has 19 heavy (non-hydrogen) atoms. The van der Waals surface area contributed by atoms with Gasteiger partial charge in [-0.3, -0.25) is 0 Å². The first kappa shape index (κ1) is 12.1. The lowest BCUT2D eigenvalue weighted by Gasteiger charge is -2.15. The molecular formula is C13H15N5S. The highest BCUT2D eigenvalue weighted by atomic mass is 32.1. The first-order valence-corrected chi connectivity index (χ1v) is 7.13. The molecule has 1 N–H and O–H groups in total. The van der Waals surface area contributed by atoms with Crippen molar-refractivity contribution < 1.29 is 0 Å². The highest BCUT2D eigenvalue weighted by Crippen LogP contribution is 2.25. The summed E-state index contributed by atoms with van der Waals surface area (Å²) >= 11 is 1.66. The fourth-order valence-electron chi connectivity index (χ4n) is 2.07. The van der Waals surface area contributed by atoms with Gasteiger partial charge < -0.3 is 5.32 Å². The average Bonchev–Trinajstić information content (AvgIpc) is 3.03. The number of hydrogen-bond acceptors (Lipinski definition) is 5. The molecule has 1 unspecified atom stereocenters. The highest BCUT2D eigenvalue weighted by molar-refractivity contribution is 7.09. The zero-order valence-electron chi connectivity index (χ0n) is 10.9. The maximum absolute atomic E-state index is 4.42. The van der Waals surface area contributed by atoms with Crippen LogP contribution in [0.3, 0.4) is 0 Å². The normalized spacial score (nSPS) is 12.7. The van der Waals surface area contributed by atoms with Crippen LogP contribution in [0.4, 0.5) is 5.82 Å². The molecule has 3 rings (SSSR count). The van der Waals surface area contributed by atoms with Gasteiger partial charge >= 0.3 is 0 Å². The second-order valence-corrected chi connectivity index (χ2v) is 5.29. The van der Waals surface area contributed by atoms with E-state index in [-0.39, 0.29) is 6.04 Å². The Morgan fingerprint density at radius 1 is 1.37 bits per heavy atom. The minimum Gasteiger partial charge on any atom is -0.359 e. The van der Waals surface area contributed by atoms with Crippen LogP contribution in [0, 0.1) is 6.92 Å². The monoisotopic (exact) mass is 273 g/mol. The van der Waals surface area contributed by atoms with Crippen molar-refractivity contribution >= 4 is 22.7 Å². The molecule has 0 aliphatic heterocycles. The number of fused-ring (bicyclic) bond motifs is 1. The van der Waals surface area contributed by atoms with E-state index in [1.54, 1.807) is 17.5 Å². The lowest BCUT2D eigenvalue weighted by atomic mass is 10.2. The second-order valence-electron chi connectivity index (χ2n) is 4.37. The molecule has 5 nitrogen and oxygen atoms in total. The van der Waals surface area contributed by atoms with Gasteiger partial charge in [0.2, 0.25) is 0 Å². The predicted octanol–water partition coefficient (Wildman–Crippen LogP) is 3.06. The molecule has 1 atom stereocenters. The molecule has 6 heteroatoms. The van der Waals surface area contributed by atoms with Crippen molar-refractivity contribution in [2.45, 2.75) is 26.3 Å². The van der Waals surface area contributed by atoms with E-state index in [2.05, 4.69) is 27.3 Å². The summed E-state index contributed by atoms with van der Waals surface area (Å²) in [6.45, 7) is 4.12. The van der Waals surface area contributed by atoms with E-state index in [1.807, 2.05) is 35.3 Å². The molecule has 3 heterocycles. The van der Waals surface area contributed by atoms with Crippen LogP contribution >= 0.6 is 11.3 Å². The van der Waals surface area contributed by atoms with Crippen molar-refractivity contribution in [2.24, 2.45) is 0 Å². The molecule has 0 saturated heterocycles. The van der Waals surface area contributed by atoms with Crippen LogP contribution in [0.1, 0.15) is 30.1 Å². The third kappa shape index (κ3) is 2.31. The van der Waals surface area contributed by atoms with Crippen LogP contribution in [0.15, 0.2) is 30.0 Å². The van der Waals surface area contributed by atoms with Gasteiger partial charge in [0, 0.05) is 24.0 Å². The van der Waals surface area contributed by atoms with E-state index in [9.17, 15) is 0 Å². The predicted molar refractivity (Wildman–Crippen MR) is 76.5 cm³/mol. The number of hydrogen-bond donors (Lipinski definition) is 1. The third-order valence-corrected chi connectivity index (χ3v) is 3.87. The van der Waals surface area contributed by atoms with Crippen LogP contribution in [0.25, 0.3) is 5.52 Å². The summed E-state index contributed by atoms with van der Waals surface area (Å²) < 4.78 is 1.85. The maximum Gasteiger partial charge on any atom is 0.152 e. The molecule has 0 saturated carbocycles. The fourth-order valence-corrected chi connectivity index (χ4v) is 2.84. The first-order valence-electron chi connectivity index (χ1n) is 6.25. The zero-order valence-corrected chi connectivity index (χ0v) is 11.7. The number of anilines is 1. The largest absolute Gasteiger partial charge is 0.359 e. The van der Waals surface area contributed by atoms with Crippen molar-refractivity contribution in [3.63, 3.8) is 0 Å². The molecule has 0 amide bonds. The number of thiazole rings is 1. The smallest absolute Gasteiger partial charge is 0.152 e. The lowest BCUT2D eigenvalue weighted by Crippen LogP contribution is -2.11. The summed E-state index contributed by atoms with van der Waals surface area (Å²) in [5.41, 5.74) is 1.98. The number of nitrogens with zero attached hydrogens (tertiary/aromatic N) is 4. The molecule has 0 aromatic carbocycles. The van der Waals surface area contributed by atoms with Crippen LogP contribution in [-0.2, 0) is 0 Å². The molecule has 0 radical (unpaired) electrons. The van der Waals surface area contributed by atoms with Gasteiger partial charge in [-0.1, -0.05) is 6.92 Å². The Morgan fingerprint density at radius 3 is 3.00 bits per heavy atom. The minimum atomic E-state index is 0.189. The number of rotatable bonds is 4. The Morgan fingerprint density at radius 2 is 2.26 bits per heavy atom. The van der Waals surface area contributed by atoms with Gasteiger partial charge in [0.05, 0.1) is 11.7 Å². The lowest BCUT2D eigenvalue weighted by molar-refractivity contribution is 0.737. The van der Waals surface area contributed by atoms with E-state index in [4.69, 9.17) is 0 Å². The third-order valence-electron chi connectivity index (χ3n) is 2.98. The quantitative estimate of drug-likeness (QED) is 0.793. The van der Waals surface area contributed by atoms with E-state index in [1.165, 1.54) is 0 Å². The molecular weight excluding hydrogens is 258 g/mol. The molecule has 3 aromatic rings. The maximum atomic E-state index is 4.42. The van der Waals surface area contributed by atoms with E-state index < -0.39 is 0 Å². The molecule has 3 aromatic heterocycles. The Labute approximate surface area is 115 Å². The van der Waals surface area contributed by atoms with Crippen LogP contribution in [0.5, 0.6) is 0 Å². The van der Waals surface area contributed by atoms with Crippen LogP contribution in [-0.4, -0.2) is 19.6 Å². The summed E-state index contributed by atoms with van der Waals surface area (Å²) in [6.07, 6.45) is 6.42. The fraction of sp³-hybridized carbons (Fsp3) is 0.308. The van der Waals surface area contributed by atoms with Crippen LogP contribution in [0.2, 0.25) is 0 Å². The van der Waals surface area contributed by atoms with Gasteiger partial charge in [-0.15, -0.1) is 11.3 Å². The molecule has 98 valence electrons. The summed E-state index contributed by atoms with van der Waals surface area (Å²) in [7, 11) is 0. The average molecular weight is 273 g/mol. The standard InChI is InChI=1S/C13H15N5S/c1-3-10(13-15-5-7-19-13)16-12-11-8-9(2)17-18(11)6-4-14-12/h4-8,10H,3H2,1-2H3,(H,14,16). The summed E-state index contributed by atoms with van der Waals surface area (Å²) in [6, 6.07) is 2.22. The number of nitrogens with one attached hydrogen (secondary N) is 1. The summed E-state index contributed by atoms with van der Waals surface area (Å²) in [5.74, 6) is 0.852. The van der Waals surface area contributed by atoms with Gasteiger partial charge in [0.1, 0.15) is 10.5 Å². The minimum absolute atomic E-state index is 0.189. The van der Waals surface area contributed by atoms with Crippen molar-refractivity contribution in [2.75, 3.05) is 5.32 Å². The van der Waals surface area contributed by atoms with Crippen molar-refractivity contribution in [1.82, 2.24) is 19.6 Å². The van der Waals surface area contributed by atoms with E-state index >= 15 is 0 Å². The van der Waals surface area contributed by atoms with Crippen LogP contribution < -0.4 is 5.32 Å². The number of aromatic nitrogens is 4. The summed E-state index contributed by atoms with van der Waals surface area (Å²) in [4.78, 5) is 8.80. The topological polar surface area (TPSA) is 55.1 Å². The molecule has 0 bridgehead atoms. The summed E-state index contributed by atoms with van der Waals surface area (Å²) in [5, 5.41) is 10.9. The van der Waals surface area contributed by atoms with Gasteiger partial charge in [-0.05, 0) is 19.4 Å².